The van der Waals surface area contributed by atoms with E-state index >= 15 is 0 Å². The lowest BCUT2D eigenvalue weighted by Crippen LogP contribution is -2.29. The molecule has 82 valence electrons. The number of likely N-dealkylation sites (N-methyl/N-ethyl adjacent to an activating group) is 1. The largest absolute Gasteiger partial charge is 0.480 e. The lowest BCUT2D eigenvalue weighted by molar-refractivity contribution is -0.135. The van der Waals surface area contributed by atoms with Gasteiger partial charge >= 0.3 is 5.97 Å². The number of benzene rings is 1. The van der Waals surface area contributed by atoms with Crippen molar-refractivity contribution < 1.29 is 9.90 Å². The number of carboxylic acid groups (broad SMARTS) is 1. The summed E-state index contributed by atoms with van der Waals surface area (Å²) < 4.78 is 0. The van der Waals surface area contributed by atoms with Crippen molar-refractivity contribution in [3.63, 3.8) is 0 Å². The van der Waals surface area contributed by atoms with E-state index in [1.165, 1.54) is 0 Å². The van der Waals surface area contributed by atoms with Crippen LogP contribution in [-0.4, -0.2) is 24.2 Å². The Morgan fingerprint density at radius 1 is 1.53 bits per heavy atom. The Balaban J connectivity index is 2.96. The van der Waals surface area contributed by atoms with Gasteiger partial charge in [0.2, 0.25) is 0 Å². The molecule has 0 aliphatic carbocycles. The first-order chi connectivity index (χ1) is 7.04. The molecular formula is C11H14ClNO2. The monoisotopic (exact) mass is 227 g/mol. The van der Waals surface area contributed by atoms with Gasteiger partial charge in [-0.25, -0.2) is 0 Å². The number of halogens is 1. The van der Waals surface area contributed by atoms with E-state index < -0.39 is 5.97 Å². The van der Waals surface area contributed by atoms with E-state index in [9.17, 15) is 4.79 Å². The highest BCUT2D eigenvalue weighted by atomic mass is 35.5. The zero-order chi connectivity index (χ0) is 11.4. The molecule has 0 bridgehead atoms. The van der Waals surface area contributed by atoms with Crippen LogP contribution in [0.25, 0.3) is 0 Å². The Hall–Kier alpha value is -1.22. The smallest absolute Gasteiger partial charge is 0.323 e. The predicted molar refractivity (Wildman–Crippen MR) is 61.7 cm³/mol. The SMILES string of the molecule is CCN(CC(=O)O)c1ccc(Cl)cc1C. The van der Waals surface area contributed by atoms with E-state index in [0.717, 1.165) is 11.3 Å². The molecule has 0 saturated carbocycles. The number of aliphatic carboxylic acids is 1. The molecule has 1 aromatic rings. The lowest BCUT2D eigenvalue weighted by Gasteiger charge is -2.22. The van der Waals surface area contributed by atoms with Crippen molar-refractivity contribution in [1.29, 1.82) is 0 Å². The second-order valence-electron chi connectivity index (χ2n) is 3.34. The number of carboxylic acids is 1. The molecule has 1 aromatic carbocycles. The summed E-state index contributed by atoms with van der Waals surface area (Å²) in [5.74, 6) is -0.828. The molecule has 15 heavy (non-hydrogen) atoms. The van der Waals surface area contributed by atoms with Crippen LogP contribution in [0.2, 0.25) is 5.02 Å². The first kappa shape index (κ1) is 11.9. The van der Waals surface area contributed by atoms with Crippen molar-refractivity contribution >= 4 is 23.3 Å². The third-order valence-electron chi connectivity index (χ3n) is 2.21. The van der Waals surface area contributed by atoms with Gasteiger partial charge in [0.25, 0.3) is 0 Å². The fourth-order valence-corrected chi connectivity index (χ4v) is 1.73. The lowest BCUT2D eigenvalue weighted by atomic mass is 10.2. The normalized spacial score (nSPS) is 10.1. The molecular weight excluding hydrogens is 214 g/mol. The Morgan fingerprint density at radius 3 is 2.67 bits per heavy atom. The van der Waals surface area contributed by atoms with Gasteiger partial charge in [0.15, 0.2) is 0 Å². The Bertz CT molecular complexity index is 366. The van der Waals surface area contributed by atoms with Crippen molar-refractivity contribution in [2.24, 2.45) is 0 Å². The zero-order valence-electron chi connectivity index (χ0n) is 8.83. The van der Waals surface area contributed by atoms with E-state index in [0.29, 0.717) is 11.6 Å². The van der Waals surface area contributed by atoms with Crippen molar-refractivity contribution in [2.75, 3.05) is 18.0 Å². The molecule has 3 nitrogen and oxygen atoms in total. The van der Waals surface area contributed by atoms with Gasteiger partial charge in [0, 0.05) is 17.3 Å². The molecule has 0 amide bonds. The Labute approximate surface area is 94.3 Å². The number of rotatable bonds is 4. The van der Waals surface area contributed by atoms with Crippen LogP contribution >= 0.6 is 11.6 Å². The maximum Gasteiger partial charge on any atom is 0.323 e. The number of nitrogens with zero attached hydrogens (tertiary/aromatic N) is 1. The third kappa shape index (κ3) is 3.13. The van der Waals surface area contributed by atoms with Gasteiger partial charge < -0.3 is 10.0 Å². The van der Waals surface area contributed by atoms with Crippen LogP contribution in [0.5, 0.6) is 0 Å². The van der Waals surface area contributed by atoms with Crippen LogP contribution in [0.15, 0.2) is 18.2 Å². The average molecular weight is 228 g/mol. The van der Waals surface area contributed by atoms with Gasteiger partial charge in [-0.1, -0.05) is 11.6 Å². The predicted octanol–water partition coefficient (Wildman–Crippen LogP) is 2.56. The van der Waals surface area contributed by atoms with Crippen LogP contribution in [0, 0.1) is 6.92 Å². The molecule has 0 radical (unpaired) electrons. The summed E-state index contributed by atoms with van der Waals surface area (Å²) in [7, 11) is 0. The topological polar surface area (TPSA) is 40.5 Å². The maximum atomic E-state index is 10.7. The molecule has 0 aliphatic rings. The minimum absolute atomic E-state index is 0.0129. The molecule has 0 aliphatic heterocycles. The average Bonchev–Trinajstić information content (AvgIpc) is 2.14. The standard InChI is InChI=1S/C11H14ClNO2/c1-3-13(7-11(14)15)10-5-4-9(12)6-8(10)2/h4-6H,3,7H2,1-2H3,(H,14,15). The van der Waals surface area contributed by atoms with Gasteiger partial charge in [-0.05, 0) is 37.6 Å². The summed E-state index contributed by atoms with van der Waals surface area (Å²) in [5, 5.41) is 9.42. The number of hydrogen-bond acceptors (Lipinski definition) is 2. The van der Waals surface area contributed by atoms with Crippen molar-refractivity contribution in [3.8, 4) is 0 Å². The highest BCUT2D eigenvalue weighted by Gasteiger charge is 2.10. The van der Waals surface area contributed by atoms with Gasteiger partial charge in [-0.3, -0.25) is 4.79 Å². The fourth-order valence-electron chi connectivity index (χ4n) is 1.50. The van der Waals surface area contributed by atoms with Gasteiger partial charge in [-0.15, -0.1) is 0 Å². The Morgan fingerprint density at radius 2 is 2.20 bits per heavy atom. The van der Waals surface area contributed by atoms with Crippen molar-refractivity contribution in [2.45, 2.75) is 13.8 Å². The fraction of sp³-hybridized carbons (Fsp3) is 0.364. The van der Waals surface area contributed by atoms with Crippen molar-refractivity contribution in [3.05, 3.63) is 28.8 Å². The summed E-state index contributed by atoms with van der Waals surface area (Å²) in [6.07, 6.45) is 0. The molecule has 0 spiro atoms. The molecule has 0 fully saturated rings. The first-order valence-corrected chi connectivity index (χ1v) is 5.15. The minimum Gasteiger partial charge on any atom is -0.480 e. The van der Waals surface area contributed by atoms with Crippen molar-refractivity contribution in [1.82, 2.24) is 0 Å². The van der Waals surface area contributed by atoms with Crippen LogP contribution < -0.4 is 4.90 Å². The van der Waals surface area contributed by atoms with Gasteiger partial charge in [0.05, 0.1) is 0 Å². The van der Waals surface area contributed by atoms with Crippen LogP contribution in [-0.2, 0) is 4.79 Å². The third-order valence-corrected chi connectivity index (χ3v) is 2.44. The molecule has 0 unspecified atom stereocenters. The van der Waals surface area contributed by atoms with E-state index in [1.807, 2.05) is 26.0 Å². The highest BCUT2D eigenvalue weighted by Crippen LogP contribution is 2.23. The second-order valence-corrected chi connectivity index (χ2v) is 3.78. The zero-order valence-corrected chi connectivity index (χ0v) is 9.58. The molecule has 1 N–H and O–H groups in total. The summed E-state index contributed by atoms with van der Waals surface area (Å²) in [6, 6.07) is 5.46. The molecule has 0 aromatic heterocycles. The van der Waals surface area contributed by atoms with Crippen LogP contribution in [0.3, 0.4) is 0 Å². The second kappa shape index (κ2) is 5.03. The summed E-state index contributed by atoms with van der Waals surface area (Å²) >= 11 is 5.84. The van der Waals surface area contributed by atoms with Gasteiger partial charge in [0.1, 0.15) is 6.54 Å². The molecule has 4 heteroatoms. The number of carbonyl (C=O) groups is 1. The summed E-state index contributed by atoms with van der Waals surface area (Å²) in [4.78, 5) is 12.5. The summed E-state index contributed by atoms with van der Waals surface area (Å²) in [5.41, 5.74) is 1.91. The summed E-state index contributed by atoms with van der Waals surface area (Å²) in [6.45, 7) is 4.52. The maximum absolute atomic E-state index is 10.7. The number of anilines is 1. The van der Waals surface area contributed by atoms with E-state index in [-0.39, 0.29) is 6.54 Å². The minimum atomic E-state index is -0.828. The van der Waals surface area contributed by atoms with Crippen LogP contribution in [0.1, 0.15) is 12.5 Å². The molecule has 0 saturated heterocycles. The van der Waals surface area contributed by atoms with E-state index in [1.54, 1.807) is 11.0 Å². The molecule has 0 heterocycles. The highest BCUT2D eigenvalue weighted by molar-refractivity contribution is 6.30. The van der Waals surface area contributed by atoms with Gasteiger partial charge in [-0.2, -0.15) is 0 Å². The Kier molecular flexibility index (Phi) is 3.97. The number of aryl methyl sites for hydroxylation is 1. The van der Waals surface area contributed by atoms with E-state index in [2.05, 4.69) is 0 Å². The quantitative estimate of drug-likeness (QED) is 0.860. The van der Waals surface area contributed by atoms with E-state index in [4.69, 9.17) is 16.7 Å². The number of hydrogen-bond donors (Lipinski definition) is 1. The first-order valence-electron chi connectivity index (χ1n) is 4.77. The molecule has 1 rings (SSSR count). The molecule has 0 atom stereocenters. The van der Waals surface area contributed by atoms with Crippen LogP contribution in [0.4, 0.5) is 5.69 Å².